The van der Waals surface area contributed by atoms with Crippen molar-refractivity contribution in [1.82, 2.24) is 5.32 Å². The first kappa shape index (κ1) is 9.44. The van der Waals surface area contributed by atoms with E-state index in [4.69, 9.17) is 9.47 Å². The molecular formula is C10H19NO2. The fraction of sp³-hybridized carbons (Fsp3) is 1.00. The van der Waals surface area contributed by atoms with Gasteiger partial charge in [-0.15, -0.1) is 0 Å². The average molecular weight is 185 g/mol. The number of nitrogens with one attached hydrogen (secondary N) is 1. The summed E-state index contributed by atoms with van der Waals surface area (Å²) in [7, 11) is 0. The lowest BCUT2D eigenvalue weighted by atomic mass is 9.78. The molecule has 2 fully saturated rings. The van der Waals surface area contributed by atoms with Crippen molar-refractivity contribution in [3.8, 4) is 0 Å². The minimum Gasteiger partial charge on any atom is -0.355 e. The molecule has 2 saturated heterocycles. The zero-order chi connectivity index (χ0) is 9.15. The van der Waals surface area contributed by atoms with Gasteiger partial charge < -0.3 is 14.8 Å². The molecule has 1 spiro atoms. The van der Waals surface area contributed by atoms with E-state index in [9.17, 15) is 0 Å². The van der Waals surface area contributed by atoms with Gasteiger partial charge in [-0.2, -0.15) is 0 Å². The smallest absolute Gasteiger partial charge is 0.147 e. The lowest BCUT2D eigenvalue weighted by molar-refractivity contribution is -0.234. The number of piperidine rings is 1. The highest BCUT2D eigenvalue weighted by Gasteiger charge is 2.42. The summed E-state index contributed by atoms with van der Waals surface area (Å²) >= 11 is 0. The first-order chi connectivity index (χ1) is 6.37. The minimum absolute atomic E-state index is 0.137. The van der Waals surface area contributed by atoms with E-state index < -0.39 is 0 Å². The summed E-state index contributed by atoms with van der Waals surface area (Å²) in [6.45, 7) is 5.80. The van der Waals surface area contributed by atoms with Crippen molar-refractivity contribution in [3.05, 3.63) is 0 Å². The molecule has 1 unspecified atom stereocenters. The normalized spacial score (nSPS) is 33.5. The maximum Gasteiger partial charge on any atom is 0.147 e. The van der Waals surface area contributed by atoms with Gasteiger partial charge in [0.2, 0.25) is 0 Å². The van der Waals surface area contributed by atoms with E-state index in [1.54, 1.807) is 0 Å². The Kier molecular flexibility index (Phi) is 2.86. The van der Waals surface area contributed by atoms with Gasteiger partial charge in [0.25, 0.3) is 0 Å². The van der Waals surface area contributed by atoms with Crippen LogP contribution in [0.3, 0.4) is 0 Å². The monoisotopic (exact) mass is 185 g/mol. The van der Waals surface area contributed by atoms with Crippen LogP contribution in [-0.2, 0) is 9.47 Å². The molecule has 2 aliphatic heterocycles. The van der Waals surface area contributed by atoms with Gasteiger partial charge in [0.1, 0.15) is 6.79 Å². The third kappa shape index (κ3) is 1.73. The summed E-state index contributed by atoms with van der Waals surface area (Å²) in [4.78, 5) is 0. The number of ether oxygens (including phenoxy) is 2. The summed E-state index contributed by atoms with van der Waals surface area (Å²) in [5, 5.41) is 3.38. The van der Waals surface area contributed by atoms with Gasteiger partial charge in [0, 0.05) is 5.92 Å². The molecule has 0 aromatic carbocycles. The summed E-state index contributed by atoms with van der Waals surface area (Å²) in [6.07, 6.45) is 3.46. The molecule has 76 valence electrons. The molecule has 2 heterocycles. The number of hydrogen-bond donors (Lipinski definition) is 1. The van der Waals surface area contributed by atoms with E-state index in [0.717, 1.165) is 32.5 Å². The molecule has 2 aliphatic rings. The molecule has 1 atom stereocenters. The van der Waals surface area contributed by atoms with Crippen LogP contribution in [0.1, 0.15) is 26.2 Å². The third-order valence-electron chi connectivity index (χ3n) is 3.44. The largest absolute Gasteiger partial charge is 0.355 e. The lowest BCUT2D eigenvalue weighted by Gasteiger charge is -2.46. The fourth-order valence-electron chi connectivity index (χ4n) is 2.51. The van der Waals surface area contributed by atoms with Gasteiger partial charge in [-0.05, 0) is 32.4 Å². The van der Waals surface area contributed by atoms with E-state index >= 15 is 0 Å². The highest BCUT2D eigenvalue weighted by molar-refractivity contribution is 4.93. The summed E-state index contributed by atoms with van der Waals surface area (Å²) in [5.74, 6) is 0.600. The van der Waals surface area contributed by atoms with Crippen molar-refractivity contribution >= 4 is 0 Å². The quantitative estimate of drug-likeness (QED) is 0.664. The van der Waals surface area contributed by atoms with Gasteiger partial charge in [-0.25, -0.2) is 0 Å². The SMILES string of the molecule is CCC1COCOC12CCNCC2. The van der Waals surface area contributed by atoms with Gasteiger partial charge >= 0.3 is 0 Å². The Morgan fingerprint density at radius 2 is 2.15 bits per heavy atom. The third-order valence-corrected chi connectivity index (χ3v) is 3.44. The van der Waals surface area contributed by atoms with E-state index in [-0.39, 0.29) is 5.60 Å². The van der Waals surface area contributed by atoms with Gasteiger partial charge in [-0.3, -0.25) is 0 Å². The fourth-order valence-corrected chi connectivity index (χ4v) is 2.51. The van der Waals surface area contributed by atoms with Crippen LogP contribution in [0.15, 0.2) is 0 Å². The highest BCUT2D eigenvalue weighted by Crippen LogP contribution is 2.36. The second-order valence-corrected chi connectivity index (χ2v) is 4.05. The molecule has 0 amide bonds. The molecule has 3 heteroatoms. The Bertz CT molecular complexity index is 158. The Balaban J connectivity index is 2.06. The molecular weight excluding hydrogens is 166 g/mol. The first-order valence-electron chi connectivity index (χ1n) is 5.30. The maximum absolute atomic E-state index is 5.85. The van der Waals surface area contributed by atoms with Crippen LogP contribution in [0, 0.1) is 5.92 Å². The van der Waals surface area contributed by atoms with E-state index in [2.05, 4.69) is 12.2 Å². The molecule has 0 aromatic heterocycles. The van der Waals surface area contributed by atoms with Crippen molar-refractivity contribution < 1.29 is 9.47 Å². The second-order valence-electron chi connectivity index (χ2n) is 4.05. The standard InChI is InChI=1S/C10H19NO2/c1-2-9-7-12-8-13-10(9)3-5-11-6-4-10/h9,11H,2-8H2,1H3. The maximum atomic E-state index is 5.85. The Morgan fingerprint density at radius 3 is 2.85 bits per heavy atom. The molecule has 3 nitrogen and oxygen atoms in total. The predicted molar refractivity (Wildman–Crippen MR) is 50.5 cm³/mol. The number of rotatable bonds is 1. The predicted octanol–water partition coefficient (Wildman–Crippen LogP) is 1.14. The van der Waals surface area contributed by atoms with E-state index in [1.807, 2.05) is 0 Å². The van der Waals surface area contributed by atoms with Gasteiger partial charge in [-0.1, -0.05) is 6.92 Å². The Morgan fingerprint density at radius 1 is 1.38 bits per heavy atom. The number of hydrogen-bond acceptors (Lipinski definition) is 3. The summed E-state index contributed by atoms with van der Waals surface area (Å²) in [6, 6.07) is 0. The second kappa shape index (κ2) is 3.95. The Labute approximate surface area is 79.8 Å². The van der Waals surface area contributed by atoms with Crippen LogP contribution in [0.25, 0.3) is 0 Å². The molecule has 0 saturated carbocycles. The van der Waals surface area contributed by atoms with Crippen LogP contribution in [0.4, 0.5) is 0 Å². The van der Waals surface area contributed by atoms with E-state index in [1.165, 1.54) is 6.42 Å². The van der Waals surface area contributed by atoms with Crippen molar-refractivity contribution in [1.29, 1.82) is 0 Å². The van der Waals surface area contributed by atoms with Crippen LogP contribution in [0.5, 0.6) is 0 Å². The molecule has 0 bridgehead atoms. The van der Waals surface area contributed by atoms with Crippen molar-refractivity contribution in [2.24, 2.45) is 5.92 Å². The molecule has 0 radical (unpaired) electrons. The lowest BCUT2D eigenvalue weighted by Crippen LogP contribution is -2.53. The highest BCUT2D eigenvalue weighted by atomic mass is 16.7. The molecule has 0 aliphatic carbocycles. The minimum atomic E-state index is 0.137. The molecule has 0 aromatic rings. The Hall–Kier alpha value is -0.120. The summed E-state index contributed by atoms with van der Waals surface area (Å²) < 4.78 is 11.2. The zero-order valence-corrected chi connectivity index (χ0v) is 8.34. The zero-order valence-electron chi connectivity index (χ0n) is 8.34. The van der Waals surface area contributed by atoms with Crippen LogP contribution < -0.4 is 5.32 Å². The molecule has 1 N–H and O–H groups in total. The van der Waals surface area contributed by atoms with Crippen LogP contribution in [-0.4, -0.2) is 32.1 Å². The molecule has 2 rings (SSSR count). The van der Waals surface area contributed by atoms with Crippen molar-refractivity contribution in [2.45, 2.75) is 31.8 Å². The van der Waals surface area contributed by atoms with E-state index in [0.29, 0.717) is 12.7 Å². The van der Waals surface area contributed by atoms with Gasteiger partial charge in [0.05, 0.1) is 12.2 Å². The topological polar surface area (TPSA) is 30.5 Å². The van der Waals surface area contributed by atoms with Crippen molar-refractivity contribution in [3.63, 3.8) is 0 Å². The average Bonchev–Trinajstić information content (AvgIpc) is 2.20. The molecule has 13 heavy (non-hydrogen) atoms. The van der Waals surface area contributed by atoms with Crippen LogP contribution >= 0.6 is 0 Å². The van der Waals surface area contributed by atoms with Crippen LogP contribution in [0.2, 0.25) is 0 Å². The van der Waals surface area contributed by atoms with Crippen molar-refractivity contribution in [2.75, 3.05) is 26.5 Å². The van der Waals surface area contributed by atoms with Gasteiger partial charge in [0.15, 0.2) is 0 Å². The first-order valence-corrected chi connectivity index (χ1v) is 5.30. The summed E-state index contributed by atoms with van der Waals surface area (Å²) in [5.41, 5.74) is 0.137.